The molecule has 2 rings (SSSR count). The number of H-pyrrole nitrogens is 1. The molecule has 8 heteroatoms. The first-order chi connectivity index (χ1) is 10.5. The Labute approximate surface area is 136 Å². The normalized spacial score (nSPS) is 15.1. The van der Waals surface area contributed by atoms with Gasteiger partial charge in [0, 0.05) is 16.7 Å². The molecule has 1 fully saturated rings. The van der Waals surface area contributed by atoms with Crippen molar-refractivity contribution in [3.05, 3.63) is 22.4 Å². The predicted molar refractivity (Wildman–Crippen MR) is 82.3 cm³/mol. The van der Waals surface area contributed by atoms with Crippen LogP contribution in [0.25, 0.3) is 0 Å². The summed E-state index contributed by atoms with van der Waals surface area (Å²) in [6.45, 7) is -0.506. The number of carbonyl (C=O) groups excluding carboxylic acids is 3. The fourth-order valence-electron chi connectivity index (χ4n) is 2.33. The van der Waals surface area contributed by atoms with Crippen molar-refractivity contribution in [2.45, 2.75) is 38.1 Å². The molecule has 1 aliphatic carbocycles. The summed E-state index contributed by atoms with van der Waals surface area (Å²) in [6.07, 6.45) is 6.79. The molecule has 0 spiro atoms. The molecular formula is C14H18BrN3O4. The molecule has 120 valence electrons. The summed E-state index contributed by atoms with van der Waals surface area (Å²) in [4.78, 5) is 37.5. The van der Waals surface area contributed by atoms with Crippen molar-refractivity contribution >= 4 is 33.8 Å². The highest BCUT2D eigenvalue weighted by atomic mass is 79.9. The van der Waals surface area contributed by atoms with Crippen LogP contribution < -0.4 is 10.6 Å². The van der Waals surface area contributed by atoms with Crippen LogP contribution in [-0.2, 0) is 9.53 Å². The molecule has 0 aliphatic heterocycles. The molecule has 22 heavy (non-hydrogen) atoms. The molecular weight excluding hydrogens is 354 g/mol. The molecule has 0 unspecified atom stereocenters. The summed E-state index contributed by atoms with van der Waals surface area (Å²) in [7, 11) is 0. The van der Waals surface area contributed by atoms with Gasteiger partial charge in [0.2, 0.25) is 0 Å². The number of imide groups is 1. The smallest absolute Gasteiger partial charge is 0.355 e. The fourth-order valence-corrected chi connectivity index (χ4v) is 2.67. The SMILES string of the molecule is O=C(COC(=O)c1cc(Br)c[nH]1)NC(=O)NC1CCCCC1. The Kier molecular flexibility index (Phi) is 6.00. The molecule has 0 aromatic carbocycles. The van der Waals surface area contributed by atoms with E-state index in [0.717, 1.165) is 25.7 Å². The number of aromatic amines is 1. The summed E-state index contributed by atoms with van der Waals surface area (Å²) >= 11 is 3.19. The van der Waals surface area contributed by atoms with Gasteiger partial charge in [0.15, 0.2) is 6.61 Å². The van der Waals surface area contributed by atoms with Crippen LogP contribution in [-0.4, -0.2) is 35.5 Å². The van der Waals surface area contributed by atoms with Crippen LogP contribution in [0.1, 0.15) is 42.6 Å². The number of hydrogen-bond acceptors (Lipinski definition) is 4. The summed E-state index contributed by atoms with van der Waals surface area (Å²) in [5.41, 5.74) is 0.228. The number of halogens is 1. The highest BCUT2D eigenvalue weighted by molar-refractivity contribution is 9.10. The van der Waals surface area contributed by atoms with Crippen molar-refractivity contribution < 1.29 is 19.1 Å². The van der Waals surface area contributed by atoms with Crippen LogP contribution in [0, 0.1) is 0 Å². The number of aromatic nitrogens is 1. The molecule has 0 atom stereocenters. The lowest BCUT2D eigenvalue weighted by Gasteiger charge is -2.22. The Morgan fingerprint density at radius 2 is 2.00 bits per heavy atom. The van der Waals surface area contributed by atoms with Gasteiger partial charge in [0.1, 0.15) is 5.69 Å². The van der Waals surface area contributed by atoms with E-state index in [9.17, 15) is 14.4 Å². The molecule has 1 aromatic heterocycles. The second kappa shape index (κ2) is 7.98. The van der Waals surface area contributed by atoms with Crippen LogP contribution in [0.5, 0.6) is 0 Å². The van der Waals surface area contributed by atoms with Gasteiger partial charge in [-0.25, -0.2) is 9.59 Å². The van der Waals surface area contributed by atoms with Crippen molar-refractivity contribution in [2.75, 3.05) is 6.61 Å². The minimum absolute atomic E-state index is 0.111. The Hall–Kier alpha value is -1.83. The van der Waals surface area contributed by atoms with E-state index in [0.29, 0.717) is 4.47 Å². The number of hydrogen-bond donors (Lipinski definition) is 3. The van der Waals surface area contributed by atoms with E-state index in [1.807, 2.05) is 0 Å². The maximum Gasteiger partial charge on any atom is 0.355 e. The van der Waals surface area contributed by atoms with Gasteiger partial charge in [0.25, 0.3) is 5.91 Å². The largest absolute Gasteiger partial charge is 0.451 e. The van der Waals surface area contributed by atoms with Gasteiger partial charge in [-0.1, -0.05) is 19.3 Å². The minimum atomic E-state index is -0.660. The Balaban J connectivity index is 1.68. The lowest BCUT2D eigenvalue weighted by Crippen LogP contribution is -2.46. The number of amides is 3. The number of ether oxygens (including phenoxy) is 1. The molecule has 0 saturated heterocycles. The Morgan fingerprint density at radius 3 is 2.64 bits per heavy atom. The van der Waals surface area contributed by atoms with Crippen LogP contribution >= 0.6 is 15.9 Å². The number of nitrogens with one attached hydrogen (secondary N) is 3. The summed E-state index contributed by atoms with van der Waals surface area (Å²) in [6, 6.07) is 1.10. The van der Waals surface area contributed by atoms with E-state index in [2.05, 4.69) is 31.5 Å². The van der Waals surface area contributed by atoms with Crippen molar-refractivity contribution in [1.29, 1.82) is 0 Å². The zero-order valence-electron chi connectivity index (χ0n) is 12.0. The first-order valence-electron chi connectivity index (χ1n) is 7.16. The maximum absolute atomic E-state index is 11.6. The zero-order valence-corrected chi connectivity index (χ0v) is 13.6. The van der Waals surface area contributed by atoms with Crippen LogP contribution in [0.4, 0.5) is 4.79 Å². The highest BCUT2D eigenvalue weighted by Gasteiger charge is 2.18. The molecule has 3 N–H and O–H groups in total. The van der Waals surface area contributed by atoms with Crippen LogP contribution in [0.15, 0.2) is 16.7 Å². The minimum Gasteiger partial charge on any atom is -0.451 e. The van der Waals surface area contributed by atoms with Crippen LogP contribution in [0.2, 0.25) is 0 Å². The quantitative estimate of drug-likeness (QED) is 0.705. The van der Waals surface area contributed by atoms with Gasteiger partial charge in [-0.05, 0) is 34.8 Å². The fraction of sp³-hybridized carbons (Fsp3) is 0.500. The Morgan fingerprint density at radius 1 is 1.27 bits per heavy atom. The first-order valence-corrected chi connectivity index (χ1v) is 7.95. The average Bonchev–Trinajstić information content (AvgIpc) is 2.92. The third-order valence-electron chi connectivity index (χ3n) is 3.40. The van der Waals surface area contributed by atoms with Crippen molar-refractivity contribution in [2.24, 2.45) is 0 Å². The van der Waals surface area contributed by atoms with Gasteiger partial charge in [-0.2, -0.15) is 0 Å². The van der Waals surface area contributed by atoms with Crippen molar-refractivity contribution in [3.63, 3.8) is 0 Å². The third-order valence-corrected chi connectivity index (χ3v) is 3.85. The lowest BCUT2D eigenvalue weighted by atomic mass is 9.96. The number of urea groups is 1. The standard InChI is InChI=1S/C14H18BrN3O4/c15-9-6-11(16-7-9)13(20)22-8-12(19)18-14(21)17-10-4-2-1-3-5-10/h6-7,10,16H,1-5,8H2,(H2,17,18,19,21). The van der Waals surface area contributed by atoms with Crippen molar-refractivity contribution in [1.82, 2.24) is 15.6 Å². The van der Waals surface area contributed by atoms with E-state index >= 15 is 0 Å². The highest BCUT2D eigenvalue weighted by Crippen LogP contribution is 2.17. The number of rotatable bonds is 4. The van der Waals surface area contributed by atoms with Gasteiger partial charge in [-0.15, -0.1) is 0 Å². The molecule has 1 saturated carbocycles. The van der Waals surface area contributed by atoms with E-state index in [1.165, 1.54) is 12.5 Å². The zero-order chi connectivity index (χ0) is 15.9. The van der Waals surface area contributed by atoms with Crippen molar-refractivity contribution in [3.8, 4) is 0 Å². The summed E-state index contributed by atoms with van der Waals surface area (Å²) in [5.74, 6) is -1.32. The molecule has 1 heterocycles. The van der Waals surface area contributed by atoms with Gasteiger partial charge >= 0.3 is 12.0 Å². The molecule has 7 nitrogen and oxygen atoms in total. The molecule has 1 aliphatic rings. The van der Waals surface area contributed by atoms with E-state index in [4.69, 9.17) is 4.74 Å². The second-order valence-electron chi connectivity index (χ2n) is 5.16. The van der Waals surface area contributed by atoms with E-state index in [1.54, 1.807) is 6.20 Å². The van der Waals surface area contributed by atoms with E-state index in [-0.39, 0.29) is 11.7 Å². The van der Waals surface area contributed by atoms with Gasteiger partial charge in [0.05, 0.1) is 0 Å². The lowest BCUT2D eigenvalue weighted by molar-refractivity contribution is -0.123. The van der Waals surface area contributed by atoms with Gasteiger partial charge in [-0.3, -0.25) is 10.1 Å². The average molecular weight is 372 g/mol. The first kappa shape index (κ1) is 16.5. The second-order valence-corrected chi connectivity index (χ2v) is 6.08. The predicted octanol–water partition coefficient (Wildman–Crippen LogP) is 2.09. The number of esters is 1. The summed E-state index contributed by atoms with van der Waals surface area (Å²) in [5, 5.41) is 4.90. The summed E-state index contributed by atoms with van der Waals surface area (Å²) < 4.78 is 5.52. The van der Waals surface area contributed by atoms with E-state index < -0.39 is 24.5 Å². The van der Waals surface area contributed by atoms with Gasteiger partial charge < -0.3 is 15.0 Å². The molecule has 0 radical (unpaired) electrons. The topological polar surface area (TPSA) is 100 Å². The third kappa shape index (κ3) is 5.18. The maximum atomic E-state index is 11.6. The molecule has 1 aromatic rings. The Bertz CT molecular complexity index is 552. The van der Waals surface area contributed by atoms with Crippen LogP contribution in [0.3, 0.4) is 0 Å². The molecule has 0 bridgehead atoms. The monoisotopic (exact) mass is 371 g/mol. The molecule has 3 amide bonds. The number of carbonyl (C=O) groups is 3.